The van der Waals surface area contributed by atoms with Gasteiger partial charge < -0.3 is 19.9 Å². The van der Waals surface area contributed by atoms with E-state index in [1.165, 1.54) is 16.2 Å². The first-order valence-electron chi connectivity index (χ1n) is 10.2. The van der Waals surface area contributed by atoms with Crippen LogP contribution < -0.4 is 19.9 Å². The number of amides is 1. The van der Waals surface area contributed by atoms with Crippen molar-refractivity contribution in [2.24, 2.45) is 0 Å². The Kier molecular flexibility index (Phi) is 7.31. The quantitative estimate of drug-likeness (QED) is 0.728. The maximum Gasteiger partial charge on any atom is 0.275 e. The Morgan fingerprint density at radius 1 is 1.14 bits per heavy atom. The molecule has 1 amide bonds. The molecule has 2 aromatic rings. The van der Waals surface area contributed by atoms with Gasteiger partial charge in [0.05, 0.1) is 33.3 Å². The fraction of sp³-hybridized carbons (Fsp3) is 0.435. The molecule has 1 fully saturated rings. The van der Waals surface area contributed by atoms with Crippen LogP contribution in [0.1, 0.15) is 18.9 Å². The molecule has 1 saturated heterocycles. The molecule has 3 rings (SSSR count). The van der Waals surface area contributed by atoms with Crippen molar-refractivity contribution < 1.29 is 14.4 Å². The molecule has 0 unspecified atom stereocenters. The molecule has 1 heterocycles. The lowest BCUT2D eigenvalue weighted by atomic mass is 10.1. The molecule has 0 bridgehead atoms. The molecule has 0 saturated carbocycles. The topological polar surface area (TPSA) is 46.0 Å². The lowest BCUT2D eigenvalue weighted by Gasteiger charge is -2.33. The molecule has 5 heteroatoms. The first kappa shape index (κ1) is 20.2. The fourth-order valence-corrected chi connectivity index (χ4v) is 3.72. The maximum atomic E-state index is 12.4. The van der Waals surface area contributed by atoms with E-state index in [1.807, 2.05) is 18.2 Å². The first-order valence-corrected chi connectivity index (χ1v) is 10.2. The summed E-state index contributed by atoms with van der Waals surface area (Å²) in [5.74, 6) is 1.04. The van der Waals surface area contributed by atoms with Crippen LogP contribution in [0.25, 0.3) is 0 Å². The summed E-state index contributed by atoms with van der Waals surface area (Å²) in [5, 5.41) is 3.17. The van der Waals surface area contributed by atoms with Crippen molar-refractivity contribution in [1.82, 2.24) is 5.32 Å². The van der Waals surface area contributed by atoms with Gasteiger partial charge in [-0.1, -0.05) is 36.4 Å². The van der Waals surface area contributed by atoms with Crippen molar-refractivity contribution in [1.29, 1.82) is 0 Å². The summed E-state index contributed by atoms with van der Waals surface area (Å²) in [6, 6.07) is 18.8. The molecule has 28 heavy (non-hydrogen) atoms. The van der Waals surface area contributed by atoms with Crippen molar-refractivity contribution in [2.45, 2.75) is 25.8 Å². The standard InChI is InChI=1S/C23H31N3O2/c1-19(11-12-20-7-4-3-5-8-20)24-23(27)18-25-13-15-26(16-14-25)21-9-6-10-22(17-21)28-2/h3-10,17,19H,11-16,18H2,1-2H3,(H,24,27)/p+1/t19-/m1/s1. The smallest absolute Gasteiger partial charge is 0.275 e. The minimum absolute atomic E-state index is 0.158. The van der Waals surface area contributed by atoms with Crippen LogP contribution in [0.15, 0.2) is 54.6 Å². The number of ether oxygens (including phenoxy) is 1. The Balaban J connectivity index is 1.38. The minimum Gasteiger partial charge on any atom is -0.497 e. The van der Waals surface area contributed by atoms with Gasteiger partial charge in [-0.25, -0.2) is 0 Å². The number of quaternary nitrogens is 1. The van der Waals surface area contributed by atoms with Gasteiger partial charge in [0.15, 0.2) is 6.54 Å². The molecule has 1 aliphatic heterocycles. The highest BCUT2D eigenvalue weighted by molar-refractivity contribution is 5.77. The van der Waals surface area contributed by atoms with Gasteiger partial charge in [0.25, 0.3) is 5.91 Å². The van der Waals surface area contributed by atoms with Crippen molar-refractivity contribution in [3.05, 3.63) is 60.2 Å². The van der Waals surface area contributed by atoms with E-state index in [-0.39, 0.29) is 11.9 Å². The number of nitrogens with zero attached hydrogens (tertiary/aromatic N) is 1. The highest BCUT2D eigenvalue weighted by atomic mass is 16.5. The minimum atomic E-state index is 0.158. The van der Waals surface area contributed by atoms with Gasteiger partial charge >= 0.3 is 0 Å². The van der Waals surface area contributed by atoms with Crippen molar-refractivity contribution in [2.75, 3.05) is 44.7 Å². The third-order valence-electron chi connectivity index (χ3n) is 5.42. The van der Waals surface area contributed by atoms with E-state index in [0.717, 1.165) is 44.8 Å². The van der Waals surface area contributed by atoms with Gasteiger partial charge in [-0.05, 0) is 37.5 Å². The zero-order valence-electron chi connectivity index (χ0n) is 17.0. The largest absolute Gasteiger partial charge is 0.497 e. The molecule has 0 radical (unpaired) electrons. The van der Waals surface area contributed by atoms with E-state index >= 15 is 0 Å². The van der Waals surface area contributed by atoms with Crippen LogP contribution in [0.3, 0.4) is 0 Å². The van der Waals surface area contributed by atoms with Gasteiger partial charge in [0.2, 0.25) is 0 Å². The normalized spacial score (nSPS) is 15.9. The number of piperazine rings is 1. The van der Waals surface area contributed by atoms with Crippen LogP contribution in [-0.4, -0.2) is 51.8 Å². The highest BCUT2D eigenvalue weighted by Crippen LogP contribution is 2.20. The molecular formula is C23H32N3O2+. The number of hydrogen-bond donors (Lipinski definition) is 2. The molecule has 0 aliphatic carbocycles. The summed E-state index contributed by atoms with van der Waals surface area (Å²) >= 11 is 0. The SMILES string of the molecule is COc1cccc(N2CC[NH+](CC(=O)N[C@H](C)CCc3ccccc3)CC2)c1. The second-order valence-electron chi connectivity index (χ2n) is 7.61. The summed E-state index contributed by atoms with van der Waals surface area (Å²) in [6.45, 7) is 6.52. The lowest BCUT2D eigenvalue weighted by Crippen LogP contribution is -3.16. The molecule has 150 valence electrons. The van der Waals surface area contributed by atoms with Crippen molar-refractivity contribution >= 4 is 11.6 Å². The molecule has 2 N–H and O–H groups in total. The molecule has 0 spiro atoms. The second kappa shape index (κ2) is 10.1. The maximum absolute atomic E-state index is 12.4. The number of methoxy groups -OCH3 is 1. The summed E-state index contributed by atoms with van der Waals surface area (Å²) in [7, 11) is 1.70. The molecular weight excluding hydrogens is 350 g/mol. The van der Waals surface area contributed by atoms with Gasteiger partial charge in [0.1, 0.15) is 5.75 Å². The van der Waals surface area contributed by atoms with E-state index in [2.05, 4.69) is 53.5 Å². The fourth-order valence-electron chi connectivity index (χ4n) is 3.72. The van der Waals surface area contributed by atoms with E-state index < -0.39 is 0 Å². The summed E-state index contributed by atoms with van der Waals surface area (Å²) in [5.41, 5.74) is 2.51. The van der Waals surface area contributed by atoms with Crippen LogP contribution in [0, 0.1) is 0 Å². The first-order chi connectivity index (χ1) is 13.6. The number of anilines is 1. The average molecular weight is 383 g/mol. The lowest BCUT2D eigenvalue weighted by molar-refractivity contribution is -0.892. The number of rotatable bonds is 8. The van der Waals surface area contributed by atoms with Gasteiger partial charge in [-0.2, -0.15) is 0 Å². The summed E-state index contributed by atoms with van der Waals surface area (Å²) in [6.07, 6.45) is 1.96. The van der Waals surface area contributed by atoms with Crippen LogP contribution in [0.5, 0.6) is 5.75 Å². The van der Waals surface area contributed by atoms with Crippen LogP contribution in [0.2, 0.25) is 0 Å². The number of carbonyl (C=O) groups excluding carboxylic acids is 1. The Labute approximate surface area is 168 Å². The van der Waals surface area contributed by atoms with E-state index in [9.17, 15) is 4.79 Å². The Morgan fingerprint density at radius 3 is 2.61 bits per heavy atom. The Morgan fingerprint density at radius 2 is 1.89 bits per heavy atom. The van der Waals surface area contributed by atoms with Gasteiger partial charge in [-0.15, -0.1) is 0 Å². The molecule has 0 aromatic heterocycles. The second-order valence-corrected chi connectivity index (χ2v) is 7.61. The summed E-state index contributed by atoms with van der Waals surface area (Å²) < 4.78 is 5.32. The highest BCUT2D eigenvalue weighted by Gasteiger charge is 2.23. The van der Waals surface area contributed by atoms with Crippen molar-refractivity contribution in [3.63, 3.8) is 0 Å². The van der Waals surface area contributed by atoms with Crippen LogP contribution in [0.4, 0.5) is 5.69 Å². The van der Waals surface area contributed by atoms with Gasteiger partial charge in [-0.3, -0.25) is 4.79 Å². The van der Waals surface area contributed by atoms with E-state index in [0.29, 0.717) is 6.54 Å². The predicted molar refractivity (Wildman–Crippen MR) is 113 cm³/mol. The average Bonchev–Trinajstić information content (AvgIpc) is 2.73. The monoisotopic (exact) mass is 382 g/mol. The Hall–Kier alpha value is -2.53. The summed E-state index contributed by atoms with van der Waals surface area (Å²) in [4.78, 5) is 16.1. The number of nitrogens with one attached hydrogen (secondary N) is 2. The number of benzene rings is 2. The van der Waals surface area contributed by atoms with Crippen LogP contribution >= 0.6 is 0 Å². The molecule has 1 aliphatic rings. The number of carbonyl (C=O) groups is 1. The molecule has 2 aromatic carbocycles. The van der Waals surface area contributed by atoms with E-state index in [1.54, 1.807) is 7.11 Å². The van der Waals surface area contributed by atoms with E-state index in [4.69, 9.17) is 4.74 Å². The Bertz CT molecular complexity index is 743. The number of aryl methyl sites for hydroxylation is 1. The predicted octanol–water partition coefficient (Wildman–Crippen LogP) is 1.54. The zero-order valence-corrected chi connectivity index (χ0v) is 17.0. The van der Waals surface area contributed by atoms with Crippen LogP contribution in [-0.2, 0) is 11.2 Å². The van der Waals surface area contributed by atoms with Gasteiger partial charge in [0, 0.05) is 17.8 Å². The van der Waals surface area contributed by atoms with Crippen molar-refractivity contribution in [3.8, 4) is 5.75 Å². The molecule has 5 nitrogen and oxygen atoms in total. The third-order valence-corrected chi connectivity index (χ3v) is 5.42. The third kappa shape index (κ3) is 5.99. The number of hydrogen-bond acceptors (Lipinski definition) is 3. The zero-order chi connectivity index (χ0) is 19.8. The molecule has 1 atom stereocenters.